The average molecular weight is 567 g/mol. The number of ether oxygens (including phenoxy) is 2. The van der Waals surface area contributed by atoms with E-state index in [4.69, 9.17) is 9.47 Å². The zero-order valence-electron chi connectivity index (χ0n) is 19.6. The summed E-state index contributed by atoms with van der Waals surface area (Å²) in [6.07, 6.45) is 1.77. The van der Waals surface area contributed by atoms with Gasteiger partial charge in [0.05, 0.1) is 27.2 Å². The maximum atomic E-state index is 12.9. The van der Waals surface area contributed by atoms with E-state index in [9.17, 15) is 14.7 Å². The molecule has 36 heavy (non-hydrogen) atoms. The van der Waals surface area contributed by atoms with Crippen molar-refractivity contribution < 1.29 is 24.2 Å². The molecular weight excluding hydrogens is 544 g/mol. The summed E-state index contributed by atoms with van der Waals surface area (Å²) in [6, 6.07) is 19.8. The van der Waals surface area contributed by atoms with Gasteiger partial charge in [0.25, 0.3) is 5.91 Å². The Bertz CT molecular complexity index is 1360. The Kier molecular flexibility index (Phi) is 8.12. The van der Waals surface area contributed by atoms with Crippen molar-refractivity contribution >= 4 is 56.5 Å². The largest absolute Gasteiger partial charge is 0.490 e. The first-order valence-electron chi connectivity index (χ1n) is 11.1. The second kappa shape index (κ2) is 11.5. The number of amides is 1. The molecule has 9 heteroatoms. The standard InChI is InChI=1S/C27H23BrN2O5S/c1-3-34-22-13-18(12-21(28)24(22)35-16-17-8-5-4-6-9-17)14-23-25(31)30(2)27(36-23)29-20-11-7-10-19(15-20)26(32)33/h4-15H,3,16H2,1-2H3,(H,32,33). The number of benzene rings is 3. The van der Waals surface area contributed by atoms with Gasteiger partial charge in [-0.15, -0.1) is 0 Å². The van der Waals surface area contributed by atoms with Gasteiger partial charge in [-0.2, -0.15) is 0 Å². The number of thioether (sulfide) groups is 1. The minimum atomic E-state index is -1.03. The second-order valence-corrected chi connectivity index (χ2v) is 9.63. The highest BCUT2D eigenvalue weighted by atomic mass is 79.9. The third-order valence-electron chi connectivity index (χ3n) is 5.18. The molecule has 3 aromatic carbocycles. The molecule has 1 N–H and O–H groups in total. The SMILES string of the molecule is CCOc1cc(C=C2SC(=Nc3cccc(C(=O)O)c3)N(C)C2=O)cc(Br)c1OCc1ccccc1. The van der Waals surface area contributed by atoms with E-state index >= 15 is 0 Å². The van der Waals surface area contributed by atoms with E-state index in [0.717, 1.165) is 11.1 Å². The van der Waals surface area contributed by atoms with Gasteiger partial charge in [0.2, 0.25) is 0 Å². The van der Waals surface area contributed by atoms with Crippen molar-refractivity contribution in [1.29, 1.82) is 0 Å². The third kappa shape index (κ3) is 5.98. The zero-order chi connectivity index (χ0) is 25.7. The molecule has 0 bridgehead atoms. The molecule has 3 aromatic rings. The maximum absolute atomic E-state index is 12.9. The van der Waals surface area contributed by atoms with Crippen molar-refractivity contribution in [3.63, 3.8) is 0 Å². The smallest absolute Gasteiger partial charge is 0.335 e. The van der Waals surface area contributed by atoms with Gasteiger partial charge in [0.1, 0.15) is 6.61 Å². The molecule has 0 aromatic heterocycles. The van der Waals surface area contributed by atoms with Gasteiger partial charge in [-0.05, 0) is 82.2 Å². The molecule has 1 aliphatic rings. The van der Waals surface area contributed by atoms with Gasteiger partial charge in [-0.25, -0.2) is 9.79 Å². The van der Waals surface area contributed by atoms with Gasteiger partial charge in [0.15, 0.2) is 16.7 Å². The molecule has 1 aliphatic heterocycles. The topological polar surface area (TPSA) is 88.4 Å². The fourth-order valence-electron chi connectivity index (χ4n) is 3.43. The molecule has 0 atom stereocenters. The van der Waals surface area contributed by atoms with Crippen LogP contribution in [0.5, 0.6) is 11.5 Å². The summed E-state index contributed by atoms with van der Waals surface area (Å²) < 4.78 is 12.6. The van der Waals surface area contributed by atoms with E-state index in [-0.39, 0.29) is 11.5 Å². The van der Waals surface area contributed by atoms with Crippen molar-refractivity contribution in [3.05, 3.63) is 92.8 Å². The molecule has 0 spiro atoms. The summed E-state index contributed by atoms with van der Waals surface area (Å²) in [4.78, 5) is 30.6. The Morgan fingerprint density at radius 1 is 1.11 bits per heavy atom. The normalized spacial score (nSPS) is 15.5. The average Bonchev–Trinajstić information content (AvgIpc) is 3.12. The lowest BCUT2D eigenvalue weighted by Crippen LogP contribution is -2.23. The van der Waals surface area contributed by atoms with E-state index < -0.39 is 5.97 Å². The van der Waals surface area contributed by atoms with Crippen LogP contribution in [0.2, 0.25) is 0 Å². The molecule has 1 saturated heterocycles. The lowest BCUT2D eigenvalue weighted by molar-refractivity contribution is -0.121. The van der Waals surface area contributed by atoms with Crippen LogP contribution >= 0.6 is 27.7 Å². The molecular formula is C27H23BrN2O5S. The molecule has 4 rings (SSSR count). The summed E-state index contributed by atoms with van der Waals surface area (Å²) in [6.45, 7) is 2.74. The fraction of sp³-hybridized carbons (Fsp3) is 0.148. The number of carboxylic acids is 1. The molecule has 0 radical (unpaired) electrons. The number of hydrogen-bond acceptors (Lipinski definition) is 6. The number of aromatic carboxylic acids is 1. The number of aliphatic imine (C=N–C) groups is 1. The number of nitrogens with zero attached hydrogens (tertiary/aromatic N) is 2. The number of carbonyl (C=O) groups excluding carboxylic acids is 1. The van der Waals surface area contributed by atoms with E-state index in [1.807, 2.05) is 49.4 Å². The van der Waals surface area contributed by atoms with Crippen LogP contribution in [0.4, 0.5) is 5.69 Å². The Hall–Kier alpha value is -3.56. The van der Waals surface area contributed by atoms with Gasteiger partial charge < -0.3 is 14.6 Å². The third-order valence-corrected chi connectivity index (χ3v) is 6.83. The Labute approximate surface area is 221 Å². The van der Waals surface area contributed by atoms with Crippen molar-refractivity contribution in [1.82, 2.24) is 4.90 Å². The summed E-state index contributed by atoms with van der Waals surface area (Å²) in [5.41, 5.74) is 2.39. The minimum absolute atomic E-state index is 0.132. The lowest BCUT2D eigenvalue weighted by Gasteiger charge is -2.15. The quantitative estimate of drug-likeness (QED) is 0.319. The van der Waals surface area contributed by atoms with E-state index in [1.54, 1.807) is 25.3 Å². The summed E-state index contributed by atoms with van der Waals surface area (Å²) in [5.74, 6) is -0.0802. The number of carbonyl (C=O) groups is 2. The van der Waals surface area contributed by atoms with Crippen LogP contribution in [0.3, 0.4) is 0 Å². The monoisotopic (exact) mass is 566 g/mol. The van der Waals surface area contributed by atoms with Crippen LogP contribution in [0.25, 0.3) is 6.08 Å². The molecule has 1 heterocycles. The van der Waals surface area contributed by atoms with Gasteiger partial charge >= 0.3 is 5.97 Å². The minimum Gasteiger partial charge on any atom is -0.490 e. The van der Waals surface area contributed by atoms with Crippen LogP contribution in [-0.4, -0.2) is 40.7 Å². The van der Waals surface area contributed by atoms with E-state index in [0.29, 0.717) is 44.9 Å². The van der Waals surface area contributed by atoms with Crippen LogP contribution < -0.4 is 9.47 Å². The van der Waals surface area contributed by atoms with Crippen molar-refractivity contribution in [3.8, 4) is 11.5 Å². The number of likely N-dealkylation sites (N-methyl/N-ethyl adjacent to an activating group) is 1. The number of halogens is 1. The Morgan fingerprint density at radius 2 is 1.89 bits per heavy atom. The van der Waals surface area contributed by atoms with E-state index in [1.165, 1.54) is 28.8 Å². The molecule has 0 aliphatic carbocycles. The molecule has 1 fully saturated rings. The first-order valence-corrected chi connectivity index (χ1v) is 12.7. The predicted octanol–water partition coefficient (Wildman–Crippen LogP) is 6.36. The van der Waals surface area contributed by atoms with Gasteiger partial charge in [-0.3, -0.25) is 9.69 Å². The highest BCUT2D eigenvalue weighted by molar-refractivity contribution is 9.10. The van der Waals surface area contributed by atoms with Crippen LogP contribution in [-0.2, 0) is 11.4 Å². The maximum Gasteiger partial charge on any atom is 0.335 e. The zero-order valence-corrected chi connectivity index (χ0v) is 22.0. The lowest BCUT2D eigenvalue weighted by atomic mass is 10.1. The van der Waals surface area contributed by atoms with E-state index in [2.05, 4.69) is 20.9 Å². The first-order chi connectivity index (χ1) is 17.4. The fourth-order valence-corrected chi connectivity index (χ4v) is 4.99. The first kappa shape index (κ1) is 25.5. The van der Waals surface area contributed by atoms with Gasteiger partial charge in [-0.1, -0.05) is 36.4 Å². The molecule has 0 saturated carbocycles. The highest BCUT2D eigenvalue weighted by Gasteiger charge is 2.30. The highest BCUT2D eigenvalue weighted by Crippen LogP contribution is 2.40. The second-order valence-electron chi connectivity index (χ2n) is 7.76. The Balaban J connectivity index is 1.59. The Morgan fingerprint density at radius 3 is 2.61 bits per heavy atom. The number of hydrogen-bond donors (Lipinski definition) is 1. The molecule has 0 unspecified atom stereocenters. The summed E-state index contributed by atoms with van der Waals surface area (Å²) in [5, 5.41) is 9.67. The van der Waals surface area contributed by atoms with Crippen molar-refractivity contribution in [2.75, 3.05) is 13.7 Å². The number of carboxylic acid groups (broad SMARTS) is 1. The van der Waals surface area contributed by atoms with Crippen molar-refractivity contribution in [2.24, 2.45) is 4.99 Å². The predicted molar refractivity (Wildman–Crippen MR) is 145 cm³/mol. The van der Waals surface area contributed by atoms with Gasteiger partial charge in [0, 0.05) is 7.05 Å². The van der Waals surface area contributed by atoms with Crippen LogP contribution in [0.15, 0.2) is 81.1 Å². The molecule has 184 valence electrons. The summed E-state index contributed by atoms with van der Waals surface area (Å²) in [7, 11) is 1.64. The number of rotatable bonds is 8. The van der Waals surface area contributed by atoms with Crippen LogP contribution in [0, 0.1) is 0 Å². The van der Waals surface area contributed by atoms with Crippen molar-refractivity contribution in [2.45, 2.75) is 13.5 Å². The molecule has 7 nitrogen and oxygen atoms in total. The van der Waals surface area contributed by atoms with Crippen LogP contribution in [0.1, 0.15) is 28.4 Å². The number of amidine groups is 1. The molecule has 1 amide bonds. The summed E-state index contributed by atoms with van der Waals surface area (Å²) >= 11 is 4.80.